The minimum absolute atomic E-state index is 0. The fraction of sp³-hybridized carbons (Fsp3) is 0.409. The van der Waals surface area contributed by atoms with Crippen molar-refractivity contribution in [2.24, 2.45) is 4.99 Å². The molecule has 1 aliphatic carbocycles. The Morgan fingerprint density at radius 3 is 2.73 bits per heavy atom. The molecule has 0 spiro atoms. The smallest absolute Gasteiger partial charge is 0.191 e. The zero-order valence-electron chi connectivity index (χ0n) is 17.2. The normalized spacial score (nSPS) is 16.0. The highest BCUT2D eigenvalue weighted by atomic mass is 127. The van der Waals surface area contributed by atoms with Gasteiger partial charge in [0, 0.05) is 36.0 Å². The first-order valence-electron chi connectivity index (χ1n) is 10.2. The number of aliphatic imine (C=N–C) groups is 1. The molecule has 3 aromatic rings. The number of H-pyrrole nitrogens is 1. The van der Waals surface area contributed by atoms with Crippen molar-refractivity contribution in [2.45, 2.75) is 44.1 Å². The van der Waals surface area contributed by atoms with Crippen LogP contribution in [0.5, 0.6) is 0 Å². The third kappa shape index (κ3) is 5.40. The molecule has 6 nitrogen and oxygen atoms in total. The number of nitrogens with zero attached hydrogens (tertiary/aromatic N) is 3. The van der Waals surface area contributed by atoms with Crippen LogP contribution < -0.4 is 10.6 Å². The molecule has 1 aliphatic rings. The summed E-state index contributed by atoms with van der Waals surface area (Å²) in [5.41, 5.74) is 2.44. The van der Waals surface area contributed by atoms with E-state index in [4.69, 9.17) is 0 Å². The molecule has 8 heteroatoms. The molecular weight excluding hydrogens is 507 g/mol. The Morgan fingerprint density at radius 2 is 2.03 bits per heavy atom. The summed E-state index contributed by atoms with van der Waals surface area (Å²) < 4.78 is 0. The molecule has 0 unspecified atom stereocenters. The predicted molar refractivity (Wildman–Crippen MR) is 135 cm³/mol. The maximum absolute atomic E-state index is 4.44. The topological polar surface area (TPSA) is 78.0 Å². The number of guanidine groups is 1. The molecule has 0 bridgehead atoms. The van der Waals surface area contributed by atoms with Gasteiger partial charge in [0.1, 0.15) is 6.33 Å². The summed E-state index contributed by atoms with van der Waals surface area (Å²) in [4.78, 5) is 10.2. The second-order valence-corrected chi connectivity index (χ2v) is 8.58. The van der Waals surface area contributed by atoms with Crippen molar-refractivity contribution < 1.29 is 0 Å². The van der Waals surface area contributed by atoms with Gasteiger partial charge >= 0.3 is 0 Å². The quantitative estimate of drug-likeness (QED) is 0.242. The van der Waals surface area contributed by atoms with Crippen LogP contribution in [-0.4, -0.2) is 34.7 Å². The van der Waals surface area contributed by atoms with Crippen molar-refractivity contribution >= 4 is 41.3 Å². The number of thiophene rings is 1. The monoisotopic (exact) mass is 536 g/mol. The van der Waals surface area contributed by atoms with Crippen molar-refractivity contribution in [1.29, 1.82) is 0 Å². The summed E-state index contributed by atoms with van der Waals surface area (Å²) >= 11 is 1.88. The standard InChI is InChI=1S/C22H28N6S.HI/c1-23-21(24-14-17-7-5-8-18(13-17)20-26-16-27-28-20)25-15-22(10-3-2-4-11-22)19-9-6-12-29-19;/h5-9,12-13,16H,2-4,10-11,14-15H2,1H3,(H2,23,24,25)(H,26,27,28);1H. The minimum atomic E-state index is 0. The largest absolute Gasteiger partial charge is 0.355 e. The maximum Gasteiger partial charge on any atom is 0.191 e. The number of rotatable bonds is 6. The fourth-order valence-electron chi connectivity index (χ4n) is 4.15. The molecule has 160 valence electrons. The number of nitrogens with one attached hydrogen (secondary N) is 3. The second-order valence-electron chi connectivity index (χ2n) is 7.63. The van der Waals surface area contributed by atoms with Crippen molar-refractivity contribution in [3.05, 3.63) is 58.5 Å². The predicted octanol–water partition coefficient (Wildman–Crippen LogP) is 4.72. The van der Waals surface area contributed by atoms with Gasteiger partial charge in [0.05, 0.1) is 0 Å². The van der Waals surface area contributed by atoms with Crippen molar-refractivity contribution in [3.8, 4) is 11.4 Å². The molecule has 3 N–H and O–H groups in total. The van der Waals surface area contributed by atoms with Crippen LogP contribution in [0.2, 0.25) is 0 Å². The lowest BCUT2D eigenvalue weighted by atomic mass is 9.73. The SMILES string of the molecule is CN=C(NCc1cccc(-c2ncn[nH]2)c1)NCC1(c2cccs2)CCCCC1.I. The fourth-order valence-corrected chi connectivity index (χ4v) is 5.14. The number of aromatic nitrogens is 3. The molecule has 1 aromatic carbocycles. The Labute approximate surface area is 199 Å². The van der Waals surface area contributed by atoms with E-state index < -0.39 is 0 Å². The van der Waals surface area contributed by atoms with Gasteiger partial charge in [-0.2, -0.15) is 5.10 Å². The van der Waals surface area contributed by atoms with Crippen LogP contribution >= 0.6 is 35.3 Å². The van der Waals surface area contributed by atoms with E-state index in [0.29, 0.717) is 6.54 Å². The van der Waals surface area contributed by atoms with Crippen LogP contribution in [0.4, 0.5) is 0 Å². The van der Waals surface area contributed by atoms with Crippen LogP contribution in [-0.2, 0) is 12.0 Å². The van der Waals surface area contributed by atoms with E-state index in [1.807, 2.05) is 30.5 Å². The number of hydrogen-bond donors (Lipinski definition) is 3. The molecule has 1 fully saturated rings. The molecule has 0 aliphatic heterocycles. The highest BCUT2D eigenvalue weighted by molar-refractivity contribution is 14.0. The van der Waals surface area contributed by atoms with Crippen LogP contribution in [0.1, 0.15) is 42.5 Å². The summed E-state index contributed by atoms with van der Waals surface area (Å²) in [7, 11) is 1.83. The molecule has 2 heterocycles. The Morgan fingerprint density at radius 1 is 1.17 bits per heavy atom. The highest BCUT2D eigenvalue weighted by Gasteiger charge is 2.34. The van der Waals surface area contributed by atoms with Gasteiger partial charge in [-0.25, -0.2) is 4.98 Å². The lowest BCUT2D eigenvalue weighted by Gasteiger charge is -2.37. The van der Waals surface area contributed by atoms with Gasteiger partial charge in [-0.1, -0.05) is 43.5 Å². The number of hydrogen-bond acceptors (Lipinski definition) is 4. The summed E-state index contributed by atoms with van der Waals surface area (Å²) in [6, 6.07) is 12.8. The van der Waals surface area contributed by atoms with E-state index in [9.17, 15) is 0 Å². The summed E-state index contributed by atoms with van der Waals surface area (Å²) in [6.07, 6.45) is 7.98. The Bertz CT molecular complexity index is 917. The van der Waals surface area contributed by atoms with Crippen LogP contribution in [0.25, 0.3) is 11.4 Å². The molecule has 0 atom stereocenters. The lowest BCUT2D eigenvalue weighted by Crippen LogP contribution is -2.46. The Balaban J connectivity index is 0.00000256. The minimum Gasteiger partial charge on any atom is -0.355 e. The van der Waals surface area contributed by atoms with E-state index >= 15 is 0 Å². The zero-order valence-corrected chi connectivity index (χ0v) is 20.4. The molecule has 30 heavy (non-hydrogen) atoms. The van der Waals surface area contributed by atoms with Crippen molar-refractivity contribution in [1.82, 2.24) is 25.8 Å². The van der Waals surface area contributed by atoms with Gasteiger partial charge in [-0.05, 0) is 35.9 Å². The summed E-state index contributed by atoms with van der Waals surface area (Å²) in [6.45, 7) is 1.62. The lowest BCUT2D eigenvalue weighted by molar-refractivity contribution is 0.296. The van der Waals surface area contributed by atoms with E-state index in [1.165, 1.54) is 48.9 Å². The third-order valence-electron chi connectivity index (χ3n) is 5.75. The van der Waals surface area contributed by atoms with Crippen molar-refractivity contribution in [3.63, 3.8) is 0 Å². The first-order chi connectivity index (χ1) is 14.3. The molecule has 2 aromatic heterocycles. The molecule has 0 radical (unpaired) electrons. The van der Waals surface area contributed by atoms with Gasteiger partial charge in [0.25, 0.3) is 0 Å². The first-order valence-corrected chi connectivity index (χ1v) is 11.1. The van der Waals surface area contributed by atoms with E-state index in [1.54, 1.807) is 0 Å². The molecule has 0 saturated heterocycles. The highest BCUT2D eigenvalue weighted by Crippen LogP contribution is 2.41. The number of benzene rings is 1. The van der Waals surface area contributed by atoms with Gasteiger partial charge in [0.2, 0.25) is 0 Å². The molecule has 0 amide bonds. The number of aromatic amines is 1. The average Bonchev–Trinajstić information content (AvgIpc) is 3.49. The van der Waals surface area contributed by atoms with Gasteiger partial charge < -0.3 is 10.6 Å². The van der Waals surface area contributed by atoms with Crippen LogP contribution in [0, 0.1) is 0 Å². The van der Waals surface area contributed by atoms with Gasteiger partial charge in [-0.15, -0.1) is 35.3 Å². The Kier molecular flexibility index (Phi) is 8.26. The maximum atomic E-state index is 4.44. The summed E-state index contributed by atoms with van der Waals surface area (Å²) in [5, 5.41) is 16.1. The Hall–Kier alpha value is -1.94. The molecule has 1 saturated carbocycles. The average molecular weight is 536 g/mol. The number of halogens is 1. The van der Waals surface area contributed by atoms with Crippen LogP contribution in [0.3, 0.4) is 0 Å². The zero-order chi connectivity index (χ0) is 19.9. The van der Waals surface area contributed by atoms with Crippen LogP contribution in [0.15, 0.2) is 53.1 Å². The van der Waals surface area contributed by atoms with Gasteiger partial charge in [0.15, 0.2) is 11.8 Å². The van der Waals surface area contributed by atoms with Gasteiger partial charge in [-0.3, -0.25) is 10.1 Å². The van der Waals surface area contributed by atoms with E-state index in [-0.39, 0.29) is 29.4 Å². The summed E-state index contributed by atoms with van der Waals surface area (Å²) in [5.74, 6) is 1.63. The van der Waals surface area contributed by atoms with E-state index in [0.717, 1.165) is 23.9 Å². The first kappa shape index (κ1) is 22.7. The third-order valence-corrected chi connectivity index (χ3v) is 6.86. The molecule has 4 rings (SSSR count). The van der Waals surface area contributed by atoms with Crippen molar-refractivity contribution in [2.75, 3.05) is 13.6 Å². The second kappa shape index (κ2) is 10.9. The van der Waals surface area contributed by atoms with E-state index in [2.05, 4.69) is 60.5 Å². The molecular formula is C22H29IN6S.